The first-order chi connectivity index (χ1) is 26.3. The summed E-state index contributed by atoms with van der Waals surface area (Å²) in [6, 6.07) is 66.7. The average molecular weight is 678 g/mol. The summed E-state index contributed by atoms with van der Waals surface area (Å²) in [5.74, 6) is 0.824. The molecule has 3 heterocycles. The topological polar surface area (TPSA) is 38.4 Å². The normalized spacial score (nSPS) is 11.8. The number of hydrogen-bond donors (Lipinski definition) is 0. The molecule has 0 saturated carbocycles. The van der Waals surface area contributed by atoms with Crippen molar-refractivity contribution in [2.45, 2.75) is 0 Å². The monoisotopic (exact) mass is 677 g/mol. The molecule has 0 spiro atoms. The van der Waals surface area contributed by atoms with E-state index in [0.29, 0.717) is 0 Å². The zero-order valence-electron chi connectivity index (χ0n) is 28.6. The van der Waals surface area contributed by atoms with Crippen LogP contribution in [0.2, 0.25) is 0 Å². The second-order valence-corrected chi connectivity index (χ2v) is 13.5. The van der Waals surface area contributed by atoms with Crippen molar-refractivity contribution in [3.63, 3.8) is 0 Å². The number of hydrogen-bond acceptors (Lipinski definition) is 3. The highest BCUT2D eigenvalue weighted by atomic mass is 15.2. The molecule has 0 atom stereocenters. The van der Waals surface area contributed by atoms with Gasteiger partial charge in [0.25, 0.3) is 0 Å². The number of anilines is 3. The van der Waals surface area contributed by atoms with Gasteiger partial charge in [0.2, 0.25) is 5.95 Å². The summed E-state index contributed by atoms with van der Waals surface area (Å²) in [4.78, 5) is 12.8. The lowest BCUT2D eigenvalue weighted by molar-refractivity contribution is 0.979. The van der Waals surface area contributed by atoms with Crippen molar-refractivity contribution in [1.29, 1.82) is 0 Å². The van der Waals surface area contributed by atoms with Gasteiger partial charge < -0.3 is 4.90 Å². The molecule has 5 heteroatoms. The first-order valence-corrected chi connectivity index (χ1v) is 17.9. The van der Waals surface area contributed by atoms with E-state index >= 15 is 0 Å². The standard InChI is InChI=1S/C48H31N5/c1-2-15-35(16-3-1)51(43-24-12-14-33-13-4-5-17-37(33)43)36-28-25-32(26-29-36)34-27-30-45-40(31-34)38-18-7-10-22-44(38)52(45)48-50-41-20-8-6-19-39(41)47-49-42-21-9-11-23-46(42)53(47)48/h1-31H. The Morgan fingerprint density at radius 2 is 1.02 bits per heavy atom. The number of para-hydroxylation sites is 5. The summed E-state index contributed by atoms with van der Waals surface area (Å²) in [5.41, 5.74) is 11.7. The van der Waals surface area contributed by atoms with Crippen LogP contribution < -0.4 is 4.90 Å². The predicted molar refractivity (Wildman–Crippen MR) is 220 cm³/mol. The van der Waals surface area contributed by atoms with Gasteiger partial charge in [-0.25, -0.2) is 9.97 Å². The number of fused-ring (bicyclic) bond motifs is 9. The number of imidazole rings is 1. The van der Waals surface area contributed by atoms with Gasteiger partial charge in [-0.2, -0.15) is 0 Å². The van der Waals surface area contributed by atoms with Gasteiger partial charge in [-0.3, -0.25) is 8.97 Å². The highest BCUT2D eigenvalue weighted by Crippen LogP contribution is 2.41. The third-order valence-electron chi connectivity index (χ3n) is 10.5. The molecule has 53 heavy (non-hydrogen) atoms. The third-order valence-corrected chi connectivity index (χ3v) is 10.5. The Labute approximate surface area is 305 Å². The molecule has 0 N–H and O–H groups in total. The maximum atomic E-state index is 5.33. The fraction of sp³-hybridized carbons (Fsp3) is 0. The summed E-state index contributed by atoms with van der Waals surface area (Å²) in [7, 11) is 0. The highest BCUT2D eigenvalue weighted by Gasteiger charge is 2.21. The first-order valence-electron chi connectivity index (χ1n) is 17.9. The summed E-state index contributed by atoms with van der Waals surface area (Å²) in [5, 5.41) is 5.82. The average Bonchev–Trinajstić information content (AvgIpc) is 3.78. The molecule has 11 aromatic rings. The van der Waals surface area contributed by atoms with Gasteiger partial charge in [0.1, 0.15) is 5.65 Å². The van der Waals surface area contributed by atoms with Gasteiger partial charge in [0.05, 0.1) is 33.3 Å². The van der Waals surface area contributed by atoms with E-state index in [1.165, 1.54) is 21.5 Å². The molecule has 0 fully saturated rings. The molecule has 0 aliphatic carbocycles. The molecule has 0 aliphatic rings. The summed E-state index contributed by atoms with van der Waals surface area (Å²) in [6.07, 6.45) is 0. The second kappa shape index (κ2) is 11.7. The molecule has 248 valence electrons. The molecule has 8 aromatic carbocycles. The Bertz CT molecular complexity index is 3170. The largest absolute Gasteiger partial charge is 0.310 e. The first kappa shape index (κ1) is 29.5. The third kappa shape index (κ3) is 4.57. The van der Waals surface area contributed by atoms with E-state index in [2.05, 4.69) is 190 Å². The van der Waals surface area contributed by atoms with Crippen LogP contribution in [0.3, 0.4) is 0 Å². The van der Waals surface area contributed by atoms with Gasteiger partial charge in [-0.1, -0.05) is 115 Å². The number of nitrogens with zero attached hydrogens (tertiary/aromatic N) is 5. The lowest BCUT2D eigenvalue weighted by Gasteiger charge is -2.27. The molecule has 0 saturated heterocycles. The number of aromatic nitrogens is 4. The van der Waals surface area contributed by atoms with Crippen molar-refractivity contribution in [2.24, 2.45) is 0 Å². The van der Waals surface area contributed by atoms with E-state index in [4.69, 9.17) is 9.97 Å². The van der Waals surface area contributed by atoms with Crippen LogP contribution >= 0.6 is 0 Å². The van der Waals surface area contributed by atoms with Crippen LogP contribution in [0.15, 0.2) is 188 Å². The minimum absolute atomic E-state index is 0.824. The lowest BCUT2D eigenvalue weighted by atomic mass is 10.0. The van der Waals surface area contributed by atoms with Crippen LogP contribution in [0.4, 0.5) is 17.1 Å². The van der Waals surface area contributed by atoms with Crippen LogP contribution in [-0.4, -0.2) is 18.9 Å². The molecule has 0 bridgehead atoms. The van der Waals surface area contributed by atoms with Gasteiger partial charge >= 0.3 is 0 Å². The zero-order valence-corrected chi connectivity index (χ0v) is 28.6. The van der Waals surface area contributed by atoms with E-state index in [1.54, 1.807) is 0 Å². The maximum Gasteiger partial charge on any atom is 0.221 e. The smallest absolute Gasteiger partial charge is 0.221 e. The minimum atomic E-state index is 0.824. The Morgan fingerprint density at radius 3 is 1.87 bits per heavy atom. The van der Waals surface area contributed by atoms with E-state index in [1.807, 2.05) is 12.1 Å². The maximum absolute atomic E-state index is 5.33. The molecule has 11 rings (SSSR count). The Morgan fingerprint density at radius 1 is 0.396 bits per heavy atom. The van der Waals surface area contributed by atoms with Crippen LogP contribution in [-0.2, 0) is 0 Å². The Kier molecular flexibility index (Phi) is 6.48. The summed E-state index contributed by atoms with van der Waals surface area (Å²) >= 11 is 0. The minimum Gasteiger partial charge on any atom is -0.310 e. The molecular formula is C48H31N5. The van der Waals surface area contributed by atoms with Crippen molar-refractivity contribution in [3.8, 4) is 17.1 Å². The van der Waals surface area contributed by atoms with Gasteiger partial charge in [0.15, 0.2) is 0 Å². The number of benzene rings is 8. The van der Waals surface area contributed by atoms with Crippen LogP contribution in [0, 0.1) is 0 Å². The van der Waals surface area contributed by atoms with Gasteiger partial charge in [-0.15, -0.1) is 0 Å². The van der Waals surface area contributed by atoms with Crippen molar-refractivity contribution >= 4 is 77.2 Å². The summed E-state index contributed by atoms with van der Waals surface area (Å²) < 4.78 is 4.51. The molecule has 3 aromatic heterocycles. The van der Waals surface area contributed by atoms with Crippen LogP contribution in [0.5, 0.6) is 0 Å². The quantitative estimate of drug-likeness (QED) is 0.182. The molecule has 0 amide bonds. The van der Waals surface area contributed by atoms with E-state index in [0.717, 1.165) is 72.8 Å². The van der Waals surface area contributed by atoms with Gasteiger partial charge in [0, 0.05) is 32.9 Å². The molecule has 5 nitrogen and oxygen atoms in total. The van der Waals surface area contributed by atoms with E-state index < -0.39 is 0 Å². The highest BCUT2D eigenvalue weighted by molar-refractivity contribution is 6.11. The Hall–Kier alpha value is -7.24. The fourth-order valence-electron chi connectivity index (χ4n) is 8.06. The van der Waals surface area contributed by atoms with Crippen LogP contribution in [0.25, 0.3) is 77.2 Å². The lowest BCUT2D eigenvalue weighted by Crippen LogP contribution is -2.10. The van der Waals surface area contributed by atoms with Crippen molar-refractivity contribution < 1.29 is 0 Å². The zero-order chi connectivity index (χ0) is 34.9. The van der Waals surface area contributed by atoms with E-state index in [-0.39, 0.29) is 0 Å². The van der Waals surface area contributed by atoms with Crippen LogP contribution in [0.1, 0.15) is 0 Å². The van der Waals surface area contributed by atoms with E-state index in [9.17, 15) is 0 Å². The molecule has 0 aliphatic heterocycles. The summed E-state index contributed by atoms with van der Waals surface area (Å²) in [6.45, 7) is 0. The number of rotatable bonds is 5. The Balaban J connectivity index is 1.08. The van der Waals surface area contributed by atoms with Crippen molar-refractivity contribution in [2.75, 3.05) is 4.90 Å². The predicted octanol–water partition coefficient (Wildman–Crippen LogP) is 12.4. The van der Waals surface area contributed by atoms with Crippen molar-refractivity contribution in [1.82, 2.24) is 18.9 Å². The molecule has 0 unspecified atom stereocenters. The van der Waals surface area contributed by atoms with Crippen molar-refractivity contribution in [3.05, 3.63) is 188 Å². The molecular weight excluding hydrogens is 647 g/mol. The second-order valence-electron chi connectivity index (χ2n) is 13.5. The van der Waals surface area contributed by atoms with Gasteiger partial charge in [-0.05, 0) is 89.3 Å². The molecule has 0 radical (unpaired) electrons. The SMILES string of the molecule is c1ccc(N(c2ccc(-c3ccc4c(c3)c3ccccc3n4-c3nc4ccccc4c4nc5ccccc5n34)cc2)c2cccc3ccccc23)cc1. The fourth-order valence-corrected chi connectivity index (χ4v) is 8.06.